The molecule has 7 heteroatoms. The lowest BCUT2D eigenvalue weighted by atomic mass is 10.2. The van der Waals surface area contributed by atoms with Gasteiger partial charge >= 0.3 is 0 Å². The SMILES string of the molecule is C=Cc1ccc(NC(=O)CSc2nnc(-c3ccncc3)n2C2CC2)cc1. The fourth-order valence-electron chi connectivity index (χ4n) is 2.76. The molecule has 3 aromatic rings. The molecule has 27 heavy (non-hydrogen) atoms. The second kappa shape index (κ2) is 7.75. The number of benzene rings is 1. The van der Waals surface area contributed by atoms with Gasteiger partial charge in [-0.15, -0.1) is 10.2 Å². The number of thioether (sulfide) groups is 1. The van der Waals surface area contributed by atoms with Crippen LogP contribution in [0, 0.1) is 0 Å². The van der Waals surface area contributed by atoms with Crippen molar-refractivity contribution in [1.82, 2.24) is 19.7 Å². The summed E-state index contributed by atoms with van der Waals surface area (Å²) in [5.41, 5.74) is 2.78. The lowest BCUT2D eigenvalue weighted by Crippen LogP contribution is -2.14. The maximum atomic E-state index is 12.3. The molecule has 136 valence electrons. The Kier molecular flexibility index (Phi) is 5.02. The van der Waals surface area contributed by atoms with Crippen molar-refractivity contribution in [2.45, 2.75) is 24.0 Å². The van der Waals surface area contributed by atoms with E-state index in [1.807, 2.05) is 36.4 Å². The van der Waals surface area contributed by atoms with Crippen LogP contribution in [0.3, 0.4) is 0 Å². The molecule has 1 saturated carbocycles. The van der Waals surface area contributed by atoms with Crippen LogP contribution in [-0.2, 0) is 4.79 Å². The Morgan fingerprint density at radius 1 is 1.19 bits per heavy atom. The molecule has 1 fully saturated rings. The lowest BCUT2D eigenvalue weighted by molar-refractivity contribution is -0.113. The van der Waals surface area contributed by atoms with Gasteiger partial charge in [0.05, 0.1) is 5.75 Å². The van der Waals surface area contributed by atoms with E-state index in [0.717, 1.165) is 40.6 Å². The van der Waals surface area contributed by atoms with E-state index >= 15 is 0 Å². The Bertz CT molecular complexity index is 948. The second-order valence-corrected chi connectivity index (χ2v) is 7.25. The van der Waals surface area contributed by atoms with Gasteiger partial charge in [0.2, 0.25) is 5.91 Å². The van der Waals surface area contributed by atoms with Crippen molar-refractivity contribution in [1.29, 1.82) is 0 Å². The van der Waals surface area contributed by atoms with Gasteiger partial charge in [-0.2, -0.15) is 0 Å². The molecular formula is C20H19N5OS. The minimum Gasteiger partial charge on any atom is -0.325 e. The van der Waals surface area contributed by atoms with E-state index in [0.29, 0.717) is 6.04 Å². The summed E-state index contributed by atoms with van der Waals surface area (Å²) in [6.07, 6.45) is 7.50. The average molecular weight is 377 g/mol. The van der Waals surface area contributed by atoms with Crippen LogP contribution in [0.2, 0.25) is 0 Å². The van der Waals surface area contributed by atoms with Crippen LogP contribution in [0.4, 0.5) is 5.69 Å². The molecular weight excluding hydrogens is 358 g/mol. The maximum absolute atomic E-state index is 12.3. The summed E-state index contributed by atoms with van der Waals surface area (Å²) < 4.78 is 2.14. The summed E-state index contributed by atoms with van der Waals surface area (Å²) >= 11 is 1.41. The zero-order valence-corrected chi connectivity index (χ0v) is 15.5. The predicted octanol–water partition coefficient (Wildman–Crippen LogP) is 4.05. The number of carbonyl (C=O) groups is 1. The third kappa shape index (κ3) is 4.09. The van der Waals surface area contributed by atoms with Gasteiger partial charge in [-0.3, -0.25) is 14.3 Å². The fourth-order valence-corrected chi connectivity index (χ4v) is 3.57. The molecule has 4 rings (SSSR count). The van der Waals surface area contributed by atoms with Crippen LogP contribution in [-0.4, -0.2) is 31.4 Å². The van der Waals surface area contributed by atoms with E-state index in [2.05, 4.69) is 31.6 Å². The second-order valence-electron chi connectivity index (χ2n) is 6.31. The third-order valence-corrected chi connectivity index (χ3v) is 5.22. The highest BCUT2D eigenvalue weighted by molar-refractivity contribution is 7.99. The first-order valence-corrected chi connectivity index (χ1v) is 9.73. The maximum Gasteiger partial charge on any atom is 0.234 e. The molecule has 1 aliphatic carbocycles. The number of pyridine rings is 1. The number of hydrogen-bond donors (Lipinski definition) is 1. The zero-order chi connectivity index (χ0) is 18.6. The topological polar surface area (TPSA) is 72.7 Å². The standard InChI is InChI=1S/C20H19N5OS/c1-2-14-3-5-16(6-4-14)22-18(26)13-27-20-24-23-19(25(20)17-7-8-17)15-9-11-21-12-10-15/h2-6,9-12,17H,1,7-8,13H2,(H,22,26). The molecule has 0 unspecified atom stereocenters. The highest BCUT2D eigenvalue weighted by Gasteiger charge is 2.30. The Labute approximate surface area is 161 Å². The van der Waals surface area contributed by atoms with Gasteiger partial charge in [0.25, 0.3) is 0 Å². The monoisotopic (exact) mass is 377 g/mol. The summed E-state index contributed by atoms with van der Waals surface area (Å²) in [4.78, 5) is 16.4. The smallest absolute Gasteiger partial charge is 0.234 e. The number of rotatable bonds is 7. The van der Waals surface area contributed by atoms with Gasteiger partial charge in [0.1, 0.15) is 0 Å². The van der Waals surface area contributed by atoms with Crippen LogP contribution in [0.5, 0.6) is 0 Å². The van der Waals surface area contributed by atoms with Crippen molar-refractivity contribution in [3.8, 4) is 11.4 Å². The van der Waals surface area contributed by atoms with Crippen molar-refractivity contribution in [2.24, 2.45) is 0 Å². The minimum atomic E-state index is -0.0674. The largest absolute Gasteiger partial charge is 0.325 e. The van der Waals surface area contributed by atoms with Gasteiger partial charge < -0.3 is 5.32 Å². The summed E-state index contributed by atoms with van der Waals surface area (Å²) in [5, 5.41) is 12.4. The Morgan fingerprint density at radius 2 is 1.93 bits per heavy atom. The summed E-state index contributed by atoms with van der Waals surface area (Å²) in [6, 6.07) is 11.8. The van der Waals surface area contributed by atoms with Crippen LogP contribution in [0.1, 0.15) is 24.4 Å². The first-order chi connectivity index (χ1) is 13.2. The van der Waals surface area contributed by atoms with Crippen molar-refractivity contribution in [2.75, 3.05) is 11.1 Å². The minimum absolute atomic E-state index is 0.0674. The summed E-state index contributed by atoms with van der Waals surface area (Å²) in [5.74, 6) is 1.05. The van der Waals surface area contributed by atoms with E-state index in [1.54, 1.807) is 18.5 Å². The first kappa shape index (κ1) is 17.5. The van der Waals surface area contributed by atoms with E-state index in [1.165, 1.54) is 11.8 Å². The van der Waals surface area contributed by atoms with Gasteiger partial charge in [0, 0.05) is 29.7 Å². The van der Waals surface area contributed by atoms with Crippen LogP contribution >= 0.6 is 11.8 Å². The van der Waals surface area contributed by atoms with Crippen LogP contribution in [0.15, 0.2) is 60.5 Å². The van der Waals surface area contributed by atoms with Crippen molar-refractivity contribution >= 4 is 29.4 Å². The highest BCUT2D eigenvalue weighted by Crippen LogP contribution is 2.40. The number of aromatic nitrogens is 4. The quantitative estimate of drug-likeness (QED) is 0.629. The van der Waals surface area contributed by atoms with Crippen LogP contribution in [0.25, 0.3) is 17.5 Å². The highest BCUT2D eigenvalue weighted by atomic mass is 32.2. The number of amides is 1. The zero-order valence-electron chi connectivity index (χ0n) is 14.7. The molecule has 0 bridgehead atoms. The fraction of sp³-hybridized carbons (Fsp3) is 0.200. The molecule has 0 radical (unpaired) electrons. The predicted molar refractivity (Wildman–Crippen MR) is 107 cm³/mol. The molecule has 1 amide bonds. The summed E-state index contributed by atoms with van der Waals surface area (Å²) in [6.45, 7) is 3.73. The first-order valence-electron chi connectivity index (χ1n) is 8.75. The number of nitrogens with one attached hydrogen (secondary N) is 1. The Morgan fingerprint density at radius 3 is 2.59 bits per heavy atom. The van der Waals surface area contributed by atoms with Gasteiger partial charge in [-0.1, -0.05) is 36.5 Å². The normalized spacial score (nSPS) is 13.3. The van der Waals surface area contributed by atoms with E-state index in [9.17, 15) is 4.79 Å². The molecule has 1 aromatic carbocycles. The van der Waals surface area contributed by atoms with Gasteiger partial charge in [-0.25, -0.2) is 0 Å². The van der Waals surface area contributed by atoms with Gasteiger partial charge in [0.15, 0.2) is 11.0 Å². The van der Waals surface area contributed by atoms with Crippen molar-refractivity contribution in [3.05, 3.63) is 60.9 Å². The van der Waals surface area contributed by atoms with Gasteiger partial charge in [-0.05, 0) is 42.7 Å². The van der Waals surface area contributed by atoms with Crippen molar-refractivity contribution < 1.29 is 4.79 Å². The summed E-state index contributed by atoms with van der Waals surface area (Å²) in [7, 11) is 0. The Hall–Kier alpha value is -2.93. The lowest BCUT2D eigenvalue weighted by Gasteiger charge is -2.09. The average Bonchev–Trinajstić information content (AvgIpc) is 3.46. The van der Waals surface area contributed by atoms with Crippen LogP contribution < -0.4 is 5.32 Å². The molecule has 0 saturated heterocycles. The molecule has 2 aromatic heterocycles. The number of nitrogens with zero attached hydrogens (tertiary/aromatic N) is 4. The number of hydrogen-bond acceptors (Lipinski definition) is 5. The molecule has 1 aliphatic rings. The molecule has 0 atom stereocenters. The van der Waals surface area contributed by atoms with E-state index < -0.39 is 0 Å². The van der Waals surface area contributed by atoms with E-state index in [-0.39, 0.29) is 11.7 Å². The molecule has 6 nitrogen and oxygen atoms in total. The third-order valence-electron chi connectivity index (χ3n) is 4.28. The molecule has 0 aliphatic heterocycles. The van der Waals surface area contributed by atoms with E-state index in [4.69, 9.17) is 0 Å². The number of carbonyl (C=O) groups excluding carboxylic acids is 1. The molecule has 0 spiro atoms. The number of anilines is 1. The van der Waals surface area contributed by atoms with Crippen molar-refractivity contribution in [3.63, 3.8) is 0 Å². The molecule has 2 heterocycles. The molecule has 1 N–H and O–H groups in total. The Balaban J connectivity index is 1.44.